The second kappa shape index (κ2) is 7.29. The molecular weight excluding hydrogens is 298 g/mol. The molecule has 0 spiro atoms. The third-order valence-corrected chi connectivity index (χ3v) is 4.84. The van der Waals surface area contributed by atoms with Crippen molar-refractivity contribution >= 4 is 26.7 Å². The first-order chi connectivity index (χ1) is 8.00. The zero-order valence-corrected chi connectivity index (χ0v) is 13.0. The zero-order valence-electron chi connectivity index (χ0n) is 10.6. The van der Waals surface area contributed by atoms with Crippen molar-refractivity contribution < 1.29 is 4.21 Å². The predicted octanol–water partition coefficient (Wildman–Crippen LogP) is 3.26. The van der Waals surface area contributed by atoms with Crippen molar-refractivity contribution in [3.63, 3.8) is 0 Å². The molecular formula is C13H20BrNOS. The summed E-state index contributed by atoms with van der Waals surface area (Å²) in [6.07, 6.45) is 2.72. The van der Waals surface area contributed by atoms with E-state index in [0.717, 1.165) is 17.4 Å². The number of hydrogen-bond acceptors (Lipinski definition) is 2. The van der Waals surface area contributed by atoms with Crippen LogP contribution in [0.1, 0.15) is 31.9 Å². The summed E-state index contributed by atoms with van der Waals surface area (Å²) in [7, 11) is -0.719. The van der Waals surface area contributed by atoms with Gasteiger partial charge in [0.05, 0.1) is 0 Å². The van der Waals surface area contributed by atoms with E-state index in [4.69, 9.17) is 0 Å². The summed E-state index contributed by atoms with van der Waals surface area (Å²) < 4.78 is 12.3. The average Bonchev–Trinajstić information content (AvgIpc) is 2.29. The summed E-state index contributed by atoms with van der Waals surface area (Å²) in [5.41, 5.74) is 1.28. The second-order valence-corrected chi connectivity index (χ2v) is 7.04. The number of hydrogen-bond donors (Lipinski definition) is 1. The van der Waals surface area contributed by atoms with Crippen molar-refractivity contribution in [2.75, 3.05) is 12.8 Å². The normalized spacial score (nSPS) is 16.5. The van der Waals surface area contributed by atoms with Gasteiger partial charge in [-0.15, -0.1) is 0 Å². The third-order valence-electron chi connectivity index (χ3n) is 2.94. The summed E-state index contributed by atoms with van der Waals surface area (Å²) >= 11 is 3.43. The molecule has 0 radical (unpaired) electrons. The first kappa shape index (κ1) is 14.9. The van der Waals surface area contributed by atoms with E-state index in [9.17, 15) is 4.21 Å². The van der Waals surface area contributed by atoms with Gasteiger partial charge in [0.2, 0.25) is 0 Å². The van der Waals surface area contributed by atoms with E-state index in [1.54, 1.807) is 6.26 Å². The molecule has 0 saturated carbocycles. The Kier molecular flexibility index (Phi) is 6.38. The summed E-state index contributed by atoms with van der Waals surface area (Å²) in [6, 6.07) is 8.67. The number of nitrogens with one attached hydrogen (secondary N) is 1. The van der Waals surface area contributed by atoms with E-state index >= 15 is 0 Å². The van der Waals surface area contributed by atoms with Crippen LogP contribution in [0, 0.1) is 0 Å². The minimum atomic E-state index is -0.719. The molecule has 3 atom stereocenters. The highest BCUT2D eigenvalue weighted by Crippen LogP contribution is 2.16. The Morgan fingerprint density at radius 3 is 2.41 bits per heavy atom. The molecule has 4 heteroatoms. The smallest absolute Gasteiger partial charge is 0.0329 e. The van der Waals surface area contributed by atoms with Gasteiger partial charge in [0.1, 0.15) is 0 Å². The molecule has 0 heterocycles. The van der Waals surface area contributed by atoms with E-state index in [1.165, 1.54) is 5.56 Å². The monoisotopic (exact) mass is 317 g/mol. The van der Waals surface area contributed by atoms with E-state index in [-0.39, 0.29) is 5.25 Å². The second-order valence-electron chi connectivity index (χ2n) is 4.33. The molecule has 0 saturated heterocycles. The largest absolute Gasteiger partial charge is 0.310 e. The van der Waals surface area contributed by atoms with E-state index in [1.807, 2.05) is 6.92 Å². The van der Waals surface area contributed by atoms with E-state index in [2.05, 4.69) is 52.4 Å². The van der Waals surface area contributed by atoms with Crippen LogP contribution < -0.4 is 5.32 Å². The van der Waals surface area contributed by atoms with Gasteiger partial charge in [-0.05, 0) is 37.6 Å². The number of rotatable bonds is 6. The fraction of sp³-hybridized carbons (Fsp3) is 0.538. The molecule has 0 aliphatic carbocycles. The Hall–Kier alpha value is -0.190. The lowest BCUT2D eigenvalue weighted by atomic mass is 10.1. The molecule has 0 aliphatic rings. The van der Waals surface area contributed by atoms with Crippen LogP contribution in [0.15, 0.2) is 28.7 Å². The van der Waals surface area contributed by atoms with Crippen molar-refractivity contribution in [2.45, 2.75) is 31.6 Å². The van der Waals surface area contributed by atoms with Gasteiger partial charge in [-0.25, -0.2) is 0 Å². The SMILES string of the molecule is CC(NCCC(C)S(C)=O)c1ccc(Br)cc1. The van der Waals surface area contributed by atoms with Crippen molar-refractivity contribution in [2.24, 2.45) is 0 Å². The van der Waals surface area contributed by atoms with Crippen molar-refractivity contribution in [3.8, 4) is 0 Å². The molecule has 0 bridgehead atoms. The summed E-state index contributed by atoms with van der Waals surface area (Å²) in [4.78, 5) is 0. The van der Waals surface area contributed by atoms with Crippen molar-refractivity contribution in [1.29, 1.82) is 0 Å². The quantitative estimate of drug-likeness (QED) is 0.872. The van der Waals surface area contributed by atoms with Crippen LogP contribution in [-0.4, -0.2) is 22.3 Å². The van der Waals surface area contributed by atoms with Crippen LogP contribution >= 0.6 is 15.9 Å². The molecule has 17 heavy (non-hydrogen) atoms. The first-order valence-corrected chi connectivity index (χ1v) is 8.23. The average molecular weight is 318 g/mol. The molecule has 0 fully saturated rings. The fourth-order valence-corrected chi connectivity index (χ4v) is 2.25. The van der Waals surface area contributed by atoms with Gasteiger partial charge in [-0.1, -0.05) is 35.0 Å². The van der Waals surface area contributed by atoms with Gasteiger partial charge in [0.25, 0.3) is 0 Å². The Morgan fingerprint density at radius 2 is 1.88 bits per heavy atom. The molecule has 1 rings (SSSR count). The van der Waals surface area contributed by atoms with Gasteiger partial charge in [-0.3, -0.25) is 4.21 Å². The van der Waals surface area contributed by atoms with Crippen LogP contribution in [0.3, 0.4) is 0 Å². The van der Waals surface area contributed by atoms with Gasteiger partial charge in [0, 0.05) is 32.8 Å². The molecule has 0 aliphatic heterocycles. The van der Waals surface area contributed by atoms with Crippen molar-refractivity contribution in [3.05, 3.63) is 34.3 Å². The lowest BCUT2D eigenvalue weighted by Crippen LogP contribution is -2.24. The maximum absolute atomic E-state index is 11.2. The molecule has 3 unspecified atom stereocenters. The molecule has 1 aromatic rings. The first-order valence-electron chi connectivity index (χ1n) is 5.81. The molecule has 2 nitrogen and oxygen atoms in total. The maximum atomic E-state index is 11.2. The fourth-order valence-electron chi connectivity index (χ4n) is 1.54. The van der Waals surface area contributed by atoms with Crippen LogP contribution in [0.4, 0.5) is 0 Å². The maximum Gasteiger partial charge on any atom is 0.0329 e. The minimum absolute atomic E-state index is 0.264. The highest BCUT2D eigenvalue weighted by atomic mass is 79.9. The van der Waals surface area contributed by atoms with Crippen molar-refractivity contribution in [1.82, 2.24) is 5.32 Å². The highest BCUT2D eigenvalue weighted by molar-refractivity contribution is 9.10. The van der Waals surface area contributed by atoms with Gasteiger partial charge in [-0.2, -0.15) is 0 Å². The Morgan fingerprint density at radius 1 is 1.29 bits per heavy atom. The Labute approximate surface area is 115 Å². The van der Waals surface area contributed by atoms with E-state index < -0.39 is 10.8 Å². The van der Waals surface area contributed by atoms with Crippen LogP contribution in [-0.2, 0) is 10.8 Å². The number of halogens is 1. The molecule has 0 aromatic heterocycles. The zero-order chi connectivity index (χ0) is 12.8. The van der Waals surface area contributed by atoms with Crippen LogP contribution in [0.2, 0.25) is 0 Å². The number of benzene rings is 1. The van der Waals surface area contributed by atoms with E-state index in [0.29, 0.717) is 6.04 Å². The van der Waals surface area contributed by atoms with Gasteiger partial charge >= 0.3 is 0 Å². The standard InChI is InChI=1S/C13H20BrNOS/c1-10(17(3)16)8-9-15-11(2)12-4-6-13(14)7-5-12/h4-7,10-11,15H,8-9H2,1-3H3. The summed E-state index contributed by atoms with van der Waals surface area (Å²) in [5.74, 6) is 0. The molecule has 96 valence electrons. The lowest BCUT2D eigenvalue weighted by molar-refractivity contribution is 0.554. The predicted molar refractivity (Wildman–Crippen MR) is 78.7 cm³/mol. The summed E-state index contributed by atoms with van der Waals surface area (Å²) in [5, 5.41) is 3.72. The van der Waals surface area contributed by atoms with Gasteiger partial charge < -0.3 is 5.32 Å². The Bertz CT molecular complexity index is 366. The molecule has 1 aromatic carbocycles. The summed E-state index contributed by atoms with van der Waals surface area (Å²) in [6.45, 7) is 5.08. The van der Waals surface area contributed by atoms with Crippen LogP contribution in [0.25, 0.3) is 0 Å². The topological polar surface area (TPSA) is 29.1 Å². The lowest BCUT2D eigenvalue weighted by Gasteiger charge is -2.15. The molecule has 1 N–H and O–H groups in total. The van der Waals surface area contributed by atoms with Crippen LogP contribution in [0.5, 0.6) is 0 Å². The molecule has 0 amide bonds. The van der Waals surface area contributed by atoms with Gasteiger partial charge in [0.15, 0.2) is 0 Å². The minimum Gasteiger partial charge on any atom is -0.310 e. The third kappa shape index (κ3) is 5.32. The highest BCUT2D eigenvalue weighted by Gasteiger charge is 2.08. The Balaban J connectivity index is 2.37.